The molecule has 5 rings (SSSR count). The van der Waals surface area contributed by atoms with Crippen molar-refractivity contribution < 1.29 is 17.9 Å². The van der Waals surface area contributed by atoms with E-state index in [0.717, 1.165) is 42.6 Å². The summed E-state index contributed by atoms with van der Waals surface area (Å²) in [6, 6.07) is 10.4. The molecule has 1 saturated heterocycles. The first-order chi connectivity index (χ1) is 15.3. The van der Waals surface area contributed by atoms with Crippen LogP contribution in [0.5, 0.6) is 5.75 Å². The zero-order chi connectivity index (χ0) is 22.3. The number of hydrogen-bond donors (Lipinski definition) is 2. The Bertz CT molecular complexity index is 1260. The minimum atomic E-state index is -4.53. The summed E-state index contributed by atoms with van der Waals surface area (Å²) in [5, 5.41) is 3.91. The number of anilines is 2. The molecule has 0 unspecified atom stereocenters. The maximum Gasteiger partial charge on any atom is 0.449 e. The van der Waals surface area contributed by atoms with Crippen molar-refractivity contribution in [3.63, 3.8) is 0 Å². The molecular formula is C22H21F3N6O. The molecular weight excluding hydrogens is 421 g/mol. The van der Waals surface area contributed by atoms with Crippen LogP contribution < -0.4 is 10.1 Å². The van der Waals surface area contributed by atoms with Crippen molar-refractivity contribution in [2.75, 3.05) is 25.5 Å². The lowest BCUT2D eigenvalue weighted by molar-refractivity contribution is -0.144. The lowest BCUT2D eigenvalue weighted by Crippen LogP contribution is -2.35. The summed E-state index contributed by atoms with van der Waals surface area (Å²) in [6.45, 7) is 2.03. The van der Waals surface area contributed by atoms with Gasteiger partial charge in [0.25, 0.3) is 0 Å². The van der Waals surface area contributed by atoms with Crippen LogP contribution in [0.4, 0.5) is 24.8 Å². The van der Waals surface area contributed by atoms with Crippen LogP contribution >= 0.6 is 0 Å². The van der Waals surface area contributed by atoms with E-state index >= 15 is 0 Å². The Morgan fingerprint density at radius 2 is 1.88 bits per heavy atom. The van der Waals surface area contributed by atoms with E-state index in [4.69, 9.17) is 4.74 Å². The predicted octanol–water partition coefficient (Wildman–Crippen LogP) is 4.74. The fourth-order valence-corrected chi connectivity index (χ4v) is 3.78. The number of imidazole rings is 1. The van der Waals surface area contributed by atoms with Gasteiger partial charge in [-0.3, -0.25) is 0 Å². The molecule has 32 heavy (non-hydrogen) atoms. The van der Waals surface area contributed by atoms with Gasteiger partial charge in [0.15, 0.2) is 0 Å². The molecule has 0 radical (unpaired) electrons. The second kappa shape index (κ2) is 7.94. The lowest BCUT2D eigenvalue weighted by atomic mass is 10.1. The summed E-state index contributed by atoms with van der Waals surface area (Å²) in [4.78, 5) is 17.0. The smallest absolute Gasteiger partial charge is 0.449 e. The number of benzene rings is 2. The molecule has 166 valence electrons. The van der Waals surface area contributed by atoms with Crippen LogP contribution in [0.25, 0.3) is 21.9 Å². The normalized spacial score (nSPS) is 16.0. The topological polar surface area (TPSA) is 79.0 Å². The second-order valence-electron chi connectivity index (χ2n) is 7.97. The van der Waals surface area contributed by atoms with Crippen LogP contribution in [0.15, 0.2) is 42.6 Å². The maximum absolute atomic E-state index is 12.9. The third kappa shape index (κ3) is 4.31. The molecule has 10 heteroatoms. The Kier molecular flexibility index (Phi) is 5.09. The number of alkyl halides is 3. The monoisotopic (exact) mass is 442 g/mol. The van der Waals surface area contributed by atoms with Crippen LogP contribution in [0.1, 0.15) is 18.7 Å². The number of nitrogens with one attached hydrogen (secondary N) is 2. The highest BCUT2D eigenvalue weighted by Gasteiger charge is 2.34. The highest BCUT2D eigenvalue weighted by atomic mass is 19.4. The van der Waals surface area contributed by atoms with E-state index in [1.807, 2.05) is 18.2 Å². The van der Waals surface area contributed by atoms with Crippen molar-refractivity contribution >= 4 is 33.6 Å². The number of halogens is 3. The van der Waals surface area contributed by atoms with E-state index in [9.17, 15) is 13.2 Å². The van der Waals surface area contributed by atoms with Gasteiger partial charge in [-0.1, -0.05) is 0 Å². The number of rotatable bonds is 4. The number of aromatic amines is 1. The number of fused-ring (bicyclic) bond motifs is 2. The Labute approximate surface area is 181 Å². The molecule has 4 aromatic rings. The van der Waals surface area contributed by atoms with Crippen molar-refractivity contribution in [2.24, 2.45) is 0 Å². The number of nitrogens with zero attached hydrogens (tertiary/aromatic N) is 4. The number of hydrogen-bond acceptors (Lipinski definition) is 6. The van der Waals surface area contributed by atoms with Gasteiger partial charge in [0.2, 0.25) is 11.8 Å². The van der Waals surface area contributed by atoms with Crippen LogP contribution in [0.3, 0.4) is 0 Å². The van der Waals surface area contributed by atoms with Gasteiger partial charge in [-0.2, -0.15) is 13.2 Å². The number of aromatic nitrogens is 4. The first kappa shape index (κ1) is 20.5. The van der Waals surface area contributed by atoms with Crippen LogP contribution in [-0.2, 0) is 6.18 Å². The standard InChI is InChI=1S/C22H21F3N6O/c1-31-8-6-15(7-9-31)32-16-4-2-13-12-26-21(30-18(13)11-16)27-14-3-5-17-19(10-14)29-20(28-17)22(23,24)25/h2-5,10-12,15H,6-9H2,1H3,(H,28,29)(H,26,27,30). The first-order valence-electron chi connectivity index (χ1n) is 10.3. The molecule has 2 aromatic carbocycles. The van der Waals surface area contributed by atoms with Gasteiger partial charge in [-0.15, -0.1) is 0 Å². The Balaban J connectivity index is 1.36. The SMILES string of the molecule is CN1CCC(Oc2ccc3cnc(Nc4ccc5nc(C(F)(F)F)[nH]c5c4)nc3c2)CC1. The molecule has 2 N–H and O–H groups in total. The molecule has 0 saturated carbocycles. The number of likely N-dealkylation sites (tertiary alicyclic amines) is 1. The van der Waals surface area contributed by atoms with Crippen molar-refractivity contribution in [2.45, 2.75) is 25.1 Å². The fraction of sp³-hybridized carbons (Fsp3) is 0.318. The molecule has 3 heterocycles. The average molecular weight is 442 g/mol. The summed E-state index contributed by atoms with van der Waals surface area (Å²) in [5.41, 5.74) is 1.78. The molecule has 0 bridgehead atoms. The predicted molar refractivity (Wildman–Crippen MR) is 115 cm³/mol. The van der Waals surface area contributed by atoms with Crippen LogP contribution in [0, 0.1) is 0 Å². The average Bonchev–Trinajstić information content (AvgIpc) is 3.19. The molecule has 0 spiro atoms. The van der Waals surface area contributed by atoms with E-state index in [1.165, 1.54) is 6.07 Å². The molecule has 0 amide bonds. The molecule has 1 aliphatic rings. The molecule has 2 aromatic heterocycles. The van der Waals surface area contributed by atoms with E-state index in [1.54, 1.807) is 18.3 Å². The van der Waals surface area contributed by atoms with Crippen LogP contribution in [-0.4, -0.2) is 51.1 Å². The third-order valence-corrected chi connectivity index (χ3v) is 5.53. The van der Waals surface area contributed by atoms with Gasteiger partial charge >= 0.3 is 6.18 Å². The van der Waals surface area contributed by atoms with Crippen molar-refractivity contribution in [1.82, 2.24) is 24.8 Å². The summed E-state index contributed by atoms with van der Waals surface area (Å²) in [7, 11) is 2.11. The van der Waals surface area contributed by atoms with Gasteiger partial charge in [0.1, 0.15) is 11.9 Å². The number of H-pyrrole nitrogens is 1. The van der Waals surface area contributed by atoms with Crippen molar-refractivity contribution in [3.8, 4) is 5.75 Å². The van der Waals surface area contributed by atoms with Crippen LogP contribution in [0.2, 0.25) is 0 Å². The minimum Gasteiger partial charge on any atom is -0.490 e. The third-order valence-electron chi connectivity index (χ3n) is 5.53. The summed E-state index contributed by atoms with van der Waals surface area (Å²) in [6.07, 6.45) is -0.679. The highest BCUT2D eigenvalue weighted by Crippen LogP contribution is 2.30. The maximum atomic E-state index is 12.9. The molecule has 1 fully saturated rings. The zero-order valence-electron chi connectivity index (χ0n) is 17.3. The minimum absolute atomic E-state index is 0.186. The lowest BCUT2D eigenvalue weighted by Gasteiger charge is -2.29. The van der Waals surface area contributed by atoms with Gasteiger partial charge in [0.05, 0.1) is 16.6 Å². The summed E-state index contributed by atoms with van der Waals surface area (Å²) in [5.74, 6) is 0.0721. The Morgan fingerprint density at radius 3 is 2.66 bits per heavy atom. The van der Waals surface area contributed by atoms with Gasteiger partial charge in [-0.25, -0.2) is 15.0 Å². The number of ether oxygens (including phenoxy) is 1. The Morgan fingerprint density at radius 1 is 1.06 bits per heavy atom. The molecule has 7 nitrogen and oxygen atoms in total. The van der Waals surface area contributed by atoms with E-state index in [0.29, 0.717) is 11.6 Å². The van der Waals surface area contributed by atoms with Gasteiger partial charge < -0.3 is 19.9 Å². The van der Waals surface area contributed by atoms with Crippen molar-refractivity contribution in [3.05, 3.63) is 48.4 Å². The van der Waals surface area contributed by atoms with E-state index in [-0.39, 0.29) is 17.1 Å². The molecule has 0 atom stereocenters. The van der Waals surface area contributed by atoms with Gasteiger partial charge in [-0.05, 0) is 50.2 Å². The quantitative estimate of drug-likeness (QED) is 0.475. The molecule has 0 aliphatic carbocycles. The summed E-state index contributed by atoms with van der Waals surface area (Å²) < 4.78 is 44.8. The molecule has 1 aliphatic heterocycles. The first-order valence-corrected chi connectivity index (χ1v) is 10.3. The number of piperidine rings is 1. The second-order valence-corrected chi connectivity index (χ2v) is 7.97. The zero-order valence-corrected chi connectivity index (χ0v) is 17.3. The summed E-state index contributed by atoms with van der Waals surface area (Å²) >= 11 is 0. The van der Waals surface area contributed by atoms with Crippen molar-refractivity contribution in [1.29, 1.82) is 0 Å². The van der Waals surface area contributed by atoms with E-state index < -0.39 is 12.0 Å². The fourth-order valence-electron chi connectivity index (χ4n) is 3.78. The van der Waals surface area contributed by atoms with Gasteiger partial charge in [0, 0.05) is 36.4 Å². The highest BCUT2D eigenvalue weighted by molar-refractivity contribution is 5.82. The Hall–Kier alpha value is -3.40. The largest absolute Gasteiger partial charge is 0.490 e. The van der Waals surface area contributed by atoms with E-state index in [2.05, 4.69) is 37.2 Å².